The molecule has 3 aromatic rings. The normalized spacial score (nSPS) is 18.1. The number of hydrogen-bond donors (Lipinski definition) is 0. The van der Waals surface area contributed by atoms with Crippen molar-refractivity contribution in [3.8, 4) is 5.75 Å². The molecule has 2 amide bonds. The smallest absolute Gasteiger partial charge is 0.261 e. The van der Waals surface area contributed by atoms with Gasteiger partial charge < -0.3 is 4.74 Å². The first-order valence-electron chi connectivity index (χ1n) is 10.7. The Morgan fingerprint density at radius 1 is 0.971 bits per heavy atom. The Balaban J connectivity index is 1.59. The van der Waals surface area contributed by atoms with E-state index in [0.29, 0.717) is 22.0 Å². The molecule has 7 nitrogen and oxygen atoms in total. The van der Waals surface area contributed by atoms with Crippen LogP contribution in [0.25, 0.3) is 0 Å². The number of ether oxygens (including phenoxy) is 1. The molecule has 1 unspecified atom stereocenters. The number of rotatable bonds is 5. The minimum atomic E-state index is -4.03. The number of amides is 2. The van der Waals surface area contributed by atoms with Gasteiger partial charge in [-0.15, -0.1) is 0 Å². The molecule has 1 atom stereocenters. The lowest BCUT2D eigenvalue weighted by atomic mass is 9.94. The van der Waals surface area contributed by atoms with Crippen LogP contribution in [0.1, 0.15) is 37.9 Å². The maximum atomic E-state index is 13.9. The first-order chi connectivity index (χ1) is 16.3. The lowest BCUT2D eigenvalue weighted by Crippen LogP contribution is -2.46. The van der Waals surface area contributed by atoms with Gasteiger partial charge >= 0.3 is 0 Å². The van der Waals surface area contributed by atoms with Crippen molar-refractivity contribution < 1.29 is 22.7 Å². The van der Waals surface area contributed by atoms with Crippen LogP contribution in [-0.2, 0) is 16.4 Å². The number of imide groups is 1. The fourth-order valence-electron chi connectivity index (χ4n) is 4.66. The molecule has 34 heavy (non-hydrogen) atoms. The number of halogens is 1. The molecular weight excluding hydrogens is 520 g/mol. The molecule has 2 heterocycles. The van der Waals surface area contributed by atoms with Crippen LogP contribution >= 0.6 is 15.9 Å². The molecule has 0 spiro atoms. The molecule has 174 valence electrons. The summed E-state index contributed by atoms with van der Waals surface area (Å²) in [7, 11) is -2.61. The van der Waals surface area contributed by atoms with E-state index in [1.807, 2.05) is 24.3 Å². The van der Waals surface area contributed by atoms with Crippen LogP contribution in [0.4, 0.5) is 0 Å². The third kappa shape index (κ3) is 3.64. The molecule has 0 saturated heterocycles. The van der Waals surface area contributed by atoms with E-state index in [9.17, 15) is 18.0 Å². The quantitative estimate of drug-likeness (QED) is 0.456. The molecule has 0 aliphatic carbocycles. The van der Waals surface area contributed by atoms with Crippen LogP contribution in [0.5, 0.6) is 5.75 Å². The van der Waals surface area contributed by atoms with Gasteiger partial charge in [0.05, 0.1) is 30.8 Å². The van der Waals surface area contributed by atoms with Crippen molar-refractivity contribution in [3.05, 3.63) is 93.5 Å². The minimum absolute atomic E-state index is 0.0242. The average Bonchev–Trinajstić information content (AvgIpc) is 3.09. The zero-order chi connectivity index (χ0) is 24.0. The largest absolute Gasteiger partial charge is 0.495 e. The van der Waals surface area contributed by atoms with Crippen LogP contribution in [0.15, 0.2) is 76.1 Å². The molecule has 5 rings (SSSR count). The van der Waals surface area contributed by atoms with Gasteiger partial charge in [0.25, 0.3) is 11.8 Å². The van der Waals surface area contributed by atoms with E-state index >= 15 is 0 Å². The van der Waals surface area contributed by atoms with E-state index in [0.717, 1.165) is 16.0 Å². The summed E-state index contributed by atoms with van der Waals surface area (Å²) in [4.78, 5) is 27.3. The minimum Gasteiger partial charge on any atom is -0.495 e. The standard InChI is InChI=1S/C25H21BrN2O5S/c1-33-22-11-10-17(26)14-23(22)34(31,32)28-13-12-16-6-2-3-7-18(16)21(28)15-27-24(29)19-8-4-5-9-20(19)25(27)30/h2-11,14,21H,12-13,15H2,1H3. The van der Waals surface area contributed by atoms with E-state index in [1.54, 1.807) is 36.4 Å². The second-order valence-electron chi connectivity index (χ2n) is 8.14. The third-order valence-corrected chi connectivity index (χ3v) is 8.73. The van der Waals surface area contributed by atoms with Gasteiger partial charge in [-0.2, -0.15) is 4.31 Å². The summed E-state index contributed by atoms with van der Waals surface area (Å²) >= 11 is 3.35. The van der Waals surface area contributed by atoms with Crippen molar-refractivity contribution in [2.45, 2.75) is 17.4 Å². The van der Waals surface area contributed by atoms with Crippen LogP contribution in [0.2, 0.25) is 0 Å². The van der Waals surface area contributed by atoms with Crippen molar-refractivity contribution in [1.29, 1.82) is 0 Å². The second kappa shape index (κ2) is 8.65. The fraction of sp³-hybridized carbons (Fsp3) is 0.200. The number of fused-ring (bicyclic) bond motifs is 2. The van der Waals surface area contributed by atoms with Gasteiger partial charge in [-0.3, -0.25) is 14.5 Å². The Bertz CT molecular complexity index is 1390. The van der Waals surface area contributed by atoms with Gasteiger partial charge in [-0.1, -0.05) is 52.3 Å². The highest BCUT2D eigenvalue weighted by atomic mass is 79.9. The third-order valence-electron chi connectivity index (χ3n) is 6.31. The summed E-state index contributed by atoms with van der Waals surface area (Å²) in [5.74, 6) is -0.608. The molecule has 0 aromatic heterocycles. The monoisotopic (exact) mass is 540 g/mol. The van der Waals surface area contributed by atoms with Crippen LogP contribution in [0.3, 0.4) is 0 Å². The highest BCUT2D eigenvalue weighted by Crippen LogP contribution is 2.39. The molecule has 9 heteroatoms. The predicted molar refractivity (Wildman–Crippen MR) is 129 cm³/mol. The highest BCUT2D eigenvalue weighted by molar-refractivity contribution is 9.10. The van der Waals surface area contributed by atoms with E-state index < -0.39 is 27.9 Å². The van der Waals surface area contributed by atoms with Crippen molar-refractivity contribution in [1.82, 2.24) is 9.21 Å². The SMILES string of the molecule is COc1ccc(Br)cc1S(=O)(=O)N1CCc2ccccc2C1CN1C(=O)c2ccccc2C1=O. The molecule has 0 N–H and O–H groups in total. The Morgan fingerprint density at radius 3 is 2.29 bits per heavy atom. The van der Waals surface area contributed by atoms with E-state index in [1.165, 1.54) is 17.5 Å². The zero-order valence-corrected chi connectivity index (χ0v) is 20.7. The average molecular weight is 541 g/mol. The maximum absolute atomic E-state index is 13.9. The van der Waals surface area contributed by atoms with Crippen LogP contribution in [-0.4, -0.2) is 49.6 Å². The molecular formula is C25H21BrN2O5S. The summed E-state index contributed by atoms with van der Waals surface area (Å²) < 4.78 is 35.2. The van der Waals surface area contributed by atoms with Crippen LogP contribution in [0, 0.1) is 0 Å². The first kappa shape index (κ1) is 22.8. The second-order valence-corrected chi connectivity index (χ2v) is 10.9. The van der Waals surface area contributed by atoms with Gasteiger partial charge in [0.2, 0.25) is 10.0 Å². The summed E-state index contributed by atoms with van der Waals surface area (Å²) in [5, 5.41) is 0. The van der Waals surface area contributed by atoms with Gasteiger partial charge in [0, 0.05) is 11.0 Å². The maximum Gasteiger partial charge on any atom is 0.261 e. The van der Waals surface area contributed by atoms with Gasteiger partial charge in [-0.05, 0) is 47.9 Å². The molecule has 0 fully saturated rings. The number of carbonyl (C=O) groups is 2. The fourth-order valence-corrected chi connectivity index (χ4v) is 6.96. The highest BCUT2D eigenvalue weighted by Gasteiger charge is 2.43. The summed E-state index contributed by atoms with van der Waals surface area (Å²) in [6.45, 7) is 0.127. The number of methoxy groups -OCH3 is 1. The van der Waals surface area contributed by atoms with Crippen molar-refractivity contribution in [2.24, 2.45) is 0 Å². The zero-order valence-electron chi connectivity index (χ0n) is 18.3. The molecule has 0 radical (unpaired) electrons. The van der Waals surface area contributed by atoms with E-state index in [4.69, 9.17) is 4.74 Å². The summed E-state index contributed by atoms with van der Waals surface area (Å²) in [5.41, 5.74) is 2.44. The van der Waals surface area contributed by atoms with Crippen molar-refractivity contribution in [2.75, 3.05) is 20.2 Å². The number of carbonyl (C=O) groups excluding carboxylic acids is 2. The lowest BCUT2D eigenvalue weighted by Gasteiger charge is -2.38. The first-order valence-corrected chi connectivity index (χ1v) is 12.9. The number of sulfonamides is 1. The van der Waals surface area contributed by atoms with Gasteiger partial charge in [0.1, 0.15) is 10.6 Å². The van der Waals surface area contributed by atoms with Gasteiger partial charge in [0.15, 0.2) is 0 Å². The number of nitrogens with zero attached hydrogens (tertiary/aromatic N) is 2. The molecule has 3 aromatic carbocycles. The van der Waals surface area contributed by atoms with Crippen molar-refractivity contribution in [3.63, 3.8) is 0 Å². The summed E-state index contributed by atoms with van der Waals surface area (Å²) in [6, 6.07) is 18.3. The predicted octanol–water partition coefficient (Wildman–Crippen LogP) is 4.04. The molecule has 0 bridgehead atoms. The number of hydrogen-bond acceptors (Lipinski definition) is 5. The molecule has 2 aliphatic heterocycles. The summed E-state index contributed by atoms with van der Waals surface area (Å²) in [6.07, 6.45) is 0.518. The topological polar surface area (TPSA) is 84.0 Å². The Labute approximate surface area is 206 Å². The van der Waals surface area contributed by atoms with Crippen molar-refractivity contribution >= 4 is 37.8 Å². The molecule has 2 aliphatic rings. The van der Waals surface area contributed by atoms with E-state index in [2.05, 4.69) is 15.9 Å². The Hall–Kier alpha value is -3.01. The van der Waals surface area contributed by atoms with Crippen LogP contribution < -0.4 is 4.74 Å². The Kier molecular flexibility index (Phi) is 5.79. The van der Waals surface area contributed by atoms with E-state index in [-0.39, 0.29) is 23.7 Å². The lowest BCUT2D eigenvalue weighted by molar-refractivity contribution is 0.0616. The Morgan fingerprint density at radius 2 is 1.62 bits per heavy atom. The molecule has 0 saturated carbocycles. The van der Waals surface area contributed by atoms with Gasteiger partial charge in [-0.25, -0.2) is 8.42 Å². The number of benzene rings is 3.